The molecule has 1 fully saturated rings. The fourth-order valence-electron chi connectivity index (χ4n) is 4.96. The third-order valence-electron chi connectivity index (χ3n) is 6.73. The number of hydrogen-bond donors (Lipinski definition) is 4. The minimum absolute atomic E-state index is 0.116. The third-order valence-corrected chi connectivity index (χ3v) is 6.73. The molecule has 0 bridgehead atoms. The van der Waals surface area contributed by atoms with Gasteiger partial charge in [0.25, 0.3) is 5.91 Å². The molecule has 6 rings (SSSR count). The lowest BCUT2D eigenvalue weighted by Gasteiger charge is -2.22. The number of H-pyrrole nitrogens is 1. The van der Waals surface area contributed by atoms with Gasteiger partial charge in [-0.3, -0.25) is 4.79 Å². The summed E-state index contributed by atoms with van der Waals surface area (Å²) < 4.78 is 29.1. The molecule has 0 atom stereocenters. The van der Waals surface area contributed by atoms with Crippen LogP contribution in [0.25, 0.3) is 27.7 Å². The molecule has 3 heterocycles. The summed E-state index contributed by atoms with van der Waals surface area (Å²) in [6.07, 6.45) is 8.37. The van der Waals surface area contributed by atoms with Gasteiger partial charge in [0.05, 0.1) is 11.1 Å². The van der Waals surface area contributed by atoms with Crippen LogP contribution in [0.15, 0.2) is 48.9 Å². The second kappa shape index (κ2) is 9.16. The number of carbonyl (C=O) groups is 1. The van der Waals surface area contributed by atoms with Crippen LogP contribution in [0.1, 0.15) is 42.5 Å². The van der Waals surface area contributed by atoms with E-state index in [1.807, 2.05) is 12.1 Å². The Bertz CT molecular complexity index is 1620. The fourth-order valence-corrected chi connectivity index (χ4v) is 4.96. The average molecular weight is 503 g/mol. The summed E-state index contributed by atoms with van der Waals surface area (Å²) in [7, 11) is 0. The second-order valence-electron chi connectivity index (χ2n) is 9.23. The quantitative estimate of drug-likeness (QED) is 0.270. The molecule has 5 N–H and O–H groups in total. The topological polar surface area (TPSA) is 126 Å². The van der Waals surface area contributed by atoms with Crippen molar-refractivity contribution in [2.45, 2.75) is 38.1 Å². The minimum atomic E-state index is -0.717. The Morgan fingerprint density at radius 2 is 1.89 bits per heavy atom. The first-order valence-corrected chi connectivity index (χ1v) is 12.1. The van der Waals surface area contributed by atoms with Crippen LogP contribution >= 0.6 is 0 Å². The molecule has 0 radical (unpaired) electrons. The number of amides is 1. The maximum absolute atomic E-state index is 14.0. The summed E-state index contributed by atoms with van der Waals surface area (Å²) in [6, 6.07) is 9.38. The van der Waals surface area contributed by atoms with Gasteiger partial charge in [-0.15, -0.1) is 0 Å². The van der Waals surface area contributed by atoms with Crippen LogP contribution in [-0.2, 0) is 0 Å². The van der Waals surface area contributed by atoms with E-state index in [9.17, 15) is 13.6 Å². The number of nitrogens with zero attached hydrogens (tertiary/aromatic N) is 4. The number of nitrogen functional groups attached to an aromatic ring is 1. The Hall–Kier alpha value is -4.54. The van der Waals surface area contributed by atoms with Crippen LogP contribution in [0, 0.1) is 11.6 Å². The molecule has 0 spiro atoms. The smallest absolute Gasteiger partial charge is 0.253 e. The Balaban J connectivity index is 1.33. The second-order valence-corrected chi connectivity index (χ2v) is 9.23. The molecule has 1 aliphatic rings. The number of halogens is 2. The summed E-state index contributed by atoms with van der Waals surface area (Å²) in [5.41, 5.74) is 9.56. The highest BCUT2D eigenvalue weighted by Crippen LogP contribution is 2.34. The summed E-state index contributed by atoms with van der Waals surface area (Å²) >= 11 is 0. The van der Waals surface area contributed by atoms with E-state index in [2.05, 4.69) is 30.7 Å². The molecule has 0 unspecified atom stereocenters. The summed E-state index contributed by atoms with van der Waals surface area (Å²) in [4.78, 5) is 24.5. The maximum Gasteiger partial charge on any atom is 0.253 e. The van der Waals surface area contributed by atoms with Gasteiger partial charge in [0.2, 0.25) is 5.95 Å². The van der Waals surface area contributed by atoms with Gasteiger partial charge in [0.1, 0.15) is 23.2 Å². The SMILES string of the molecule is Nc1ncnn2cc(C(=O)NC3CCCCC3)c(-c3ccc(Nc4nc5cc(F)cc(F)c5[nH]4)cc3)c12. The summed E-state index contributed by atoms with van der Waals surface area (Å²) in [5.74, 6) is -1.05. The normalized spacial score (nSPS) is 14.3. The van der Waals surface area contributed by atoms with Crippen molar-refractivity contribution in [1.29, 1.82) is 0 Å². The Labute approximate surface area is 210 Å². The zero-order valence-corrected chi connectivity index (χ0v) is 19.8. The molecule has 0 aliphatic heterocycles. The highest BCUT2D eigenvalue weighted by Gasteiger charge is 2.24. The van der Waals surface area contributed by atoms with Gasteiger partial charge >= 0.3 is 0 Å². The largest absolute Gasteiger partial charge is 0.382 e. The number of aromatic nitrogens is 5. The van der Waals surface area contributed by atoms with Gasteiger partial charge < -0.3 is 21.4 Å². The van der Waals surface area contributed by atoms with Crippen LogP contribution in [0.3, 0.4) is 0 Å². The van der Waals surface area contributed by atoms with Crippen LogP contribution < -0.4 is 16.4 Å². The van der Waals surface area contributed by atoms with Crippen LogP contribution in [0.4, 0.5) is 26.2 Å². The Morgan fingerprint density at radius 1 is 1.11 bits per heavy atom. The molecule has 188 valence electrons. The lowest BCUT2D eigenvalue weighted by molar-refractivity contribution is 0.0928. The molecule has 5 aromatic rings. The van der Waals surface area contributed by atoms with Crippen molar-refractivity contribution in [3.8, 4) is 11.1 Å². The Kier molecular flexibility index (Phi) is 5.67. The number of aromatic amines is 1. The van der Waals surface area contributed by atoms with Gasteiger partial charge in [0.15, 0.2) is 11.6 Å². The van der Waals surface area contributed by atoms with Gasteiger partial charge in [-0.1, -0.05) is 31.4 Å². The minimum Gasteiger partial charge on any atom is -0.382 e. The molecule has 1 saturated carbocycles. The molecular formula is C26H24F2N8O. The number of carbonyl (C=O) groups excluding carboxylic acids is 1. The van der Waals surface area contributed by atoms with E-state index in [1.165, 1.54) is 12.7 Å². The van der Waals surface area contributed by atoms with Crippen molar-refractivity contribution >= 4 is 39.9 Å². The average Bonchev–Trinajstić information content (AvgIpc) is 3.47. The molecule has 37 heavy (non-hydrogen) atoms. The molecule has 2 aromatic carbocycles. The number of nitrogens with one attached hydrogen (secondary N) is 3. The van der Waals surface area contributed by atoms with Crippen molar-refractivity contribution in [3.63, 3.8) is 0 Å². The third kappa shape index (κ3) is 4.32. The van der Waals surface area contributed by atoms with E-state index in [0.717, 1.165) is 43.4 Å². The number of rotatable bonds is 5. The maximum atomic E-state index is 14.0. The zero-order valence-electron chi connectivity index (χ0n) is 19.8. The first-order chi connectivity index (χ1) is 18.0. The number of hydrogen-bond acceptors (Lipinski definition) is 6. The van der Waals surface area contributed by atoms with E-state index in [1.54, 1.807) is 22.8 Å². The van der Waals surface area contributed by atoms with E-state index in [0.29, 0.717) is 22.3 Å². The molecule has 9 nitrogen and oxygen atoms in total. The Morgan fingerprint density at radius 3 is 2.68 bits per heavy atom. The van der Waals surface area contributed by atoms with Crippen molar-refractivity contribution in [3.05, 3.63) is 66.1 Å². The predicted molar refractivity (Wildman–Crippen MR) is 136 cm³/mol. The van der Waals surface area contributed by atoms with Gasteiger partial charge in [-0.25, -0.2) is 23.3 Å². The number of nitrogens with two attached hydrogens (primary N) is 1. The molecule has 11 heteroatoms. The van der Waals surface area contributed by atoms with Gasteiger partial charge in [-0.2, -0.15) is 5.10 Å². The standard InChI is InChI=1S/C26H24F2N8O/c27-15-10-19(28)22-20(11-15)34-26(35-22)33-17-8-6-14(7-9-17)21-18(12-36-23(21)24(29)30-13-31-36)25(37)32-16-4-2-1-3-5-16/h6-13,16H,1-5H2,(H,32,37)(H2,29,30,31)(H2,33,34,35). The fraction of sp³-hybridized carbons (Fsp3) is 0.231. The number of benzene rings is 2. The van der Waals surface area contributed by atoms with Crippen LogP contribution in [0.2, 0.25) is 0 Å². The first kappa shape index (κ1) is 22.9. The molecule has 1 aliphatic carbocycles. The monoisotopic (exact) mass is 502 g/mol. The van der Waals surface area contributed by atoms with Crippen LogP contribution in [0.5, 0.6) is 0 Å². The summed E-state index contributed by atoms with van der Waals surface area (Å²) in [6.45, 7) is 0. The number of anilines is 3. The van der Waals surface area contributed by atoms with Crippen molar-refractivity contribution < 1.29 is 13.6 Å². The predicted octanol–water partition coefficient (Wildman–Crippen LogP) is 4.94. The van der Waals surface area contributed by atoms with E-state index in [-0.39, 0.29) is 34.7 Å². The van der Waals surface area contributed by atoms with E-state index in [4.69, 9.17) is 5.73 Å². The van der Waals surface area contributed by atoms with Gasteiger partial charge in [0, 0.05) is 35.6 Å². The van der Waals surface area contributed by atoms with Crippen molar-refractivity contribution in [1.82, 2.24) is 29.9 Å². The molecule has 3 aromatic heterocycles. The van der Waals surface area contributed by atoms with Crippen molar-refractivity contribution in [2.75, 3.05) is 11.1 Å². The highest BCUT2D eigenvalue weighted by atomic mass is 19.1. The number of imidazole rings is 1. The highest BCUT2D eigenvalue weighted by molar-refractivity contribution is 6.07. The molecular weight excluding hydrogens is 478 g/mol. The van der Waals surface area contributed by atoms with E-state index >= 15 is 0 Å². The molecule has 0 saturated heterocycles. The lowest BCUT2D eigenvalue weighted by Crippen LogP contribution is -2.36. The summed E-state index contributed by atoms with van der Waals surface area (Å²) in [5, 5.41) is 10.5. The van der Waals surface area contributed by atoms with E-state index < -0.39 is 11.6 Å². The first-order valence-electron chi connectivity index (χ1n) is 12.1. The zero-order chi connectivity index (χ0) is 25.5. The molecule has 1 amide bonds. The van der Waals surface area contributed by atoms with Gasteiger partial charge in [-0.05, 0) is 30.5 Å². The van der Waals surface area contributed by atoms with Crippen molar-refractivity contribution in [2.24, 2.45) is 0 Å². The number of fused-ring (bicyclic) bond motifs is 2. The lowest BCUT2D eigenvalue weighted by atomic mass is 9.95. The van der Waals surface area contributed by atoms with Crippen LogP contribution in [-0.4, -0.2) is 36.5 Å².